The van der Waals surface area contributed by atoms with Gasteiger partial charge in [0.05, 0.1) is 6.10 Å². The molecule has 0 aromatic carbocycles. The molecule has 1 saturated carbocycles. The number of hydrogen-bond acceptors (Lipinski definition) is 7. The van der Waals surface area contributed by atoms with E-state index >= 15 is 0 Å². The number of aliphatic hydroxyl groups is 1. The topological polar surface area (TPSA) is 104 Å². The van der Waals surface area contributed by atoms with Crippen molar-refractivity contribution in [1.82, 2.24) is 20.4 Å². The third-order valence-corrected chi connectivity index (χ3v) is 5.12. The zero-order chi connectivity index (χ0) is 18.8. The average molecular weight is 371 g/mol. The van der Waals surface area contributed by atoms with Crippen molar-refractivity contribution in [3.63, 3.8) is 0 Å². The molecule has 2 aliphatic rings. The van der Waals surface area contributed by atoms with Crippen molar-refractivity contribution in [2.75, 3.05) is 18.0 Å². The number of rotatable bonds is 6. The Morgan fingerprint density at radius 1 is 1.33 bits per heavy atom. The van der Waals surface area contributed by atoms with E-state index in [1.807, 2.05) is 12.1 Å². The lowest BCUT2D eigenvalue weighted by Crippen LogP contribution is -2.36. The third kappa shape index (κ3) is 4.10. The normalized spacial score (nSPS) is 19.6. The average Bonchev–Trinajstić information content (AvgIpc) is 3.44. The third-order valence-electron chi connectivity index (χ3n) is 5.12. The second kappa shape index (κ2) is 7.64. The van der Waals surface area contributed by atoms with Crippen molar-refractivity contribution in [1.29, 1.82) is 0 Å². The molecule has 0 radical (unpaired) electrons. The van der Waals surface area contributed by atoms with Gasteiger partial charge in [-0.25, -0.2) is 4.98 Å². The van der Waals surface area contributed by atoms with Crippen molar-refractivity contribution in [2.24, 2.45) is 5.92 Å². The molecule has 4 rings (SSSR count). The number of pyridine rings is 1. The molecule has 27 heavy (non-hydrogen) atoms. The summed E-state index contributed by atoms with van der Waals surface area (Å²) >= 11 is 0. The maximum absolute atomic E-state index is 12.1. The number of carbonyl (C=O) groups is 1. The molecule has 2 aromatic rings. The largest absolute Gasteiger partial charge is 0.391 e. The van der Waals surface area contributed by atoms with Crippen LogP contribution in [0.15, 0.2) is 22.9 Å². The molecule has 2 N–H and O–H groups in total. The Labute approximate surface area is 158 Å². The van der Waals surface area contributed by atoms with Gasteiger partial charge in [-0.3, -0.25) is 4.79 Å². The molecule has 1 aliphatic carbocycles. The SMILES string of the molecule is C[C@@H](O)[C@@H](NC(=O)C1CC1)c1nc(-c2ccnc(N3CCCCC3)c2)no1. The number of nitrogens with zero attached hydrogens (tertiary/aromatic N) is 4. The van der Waals surface area contributed by atoms with Gasteiger partial charge in [0.15, 0.2) is 0 Å². The molecule has 0 spiro atoms. The molecule has 1 saturated heterocycles. The van der Waals surface area contributed by atoms with E-state index in [4.69, 9.17) is 4.52 Å². The highest BCUT2D eigenvalue weighted by Gasteiger charge is 2.34. The molecule has 8 heteroatoms. The summed E-state index contributed by atoms with van der Waals surface area (Å²) in [4.78, 5) is 23.2. The molecule has 0 unspecified atom stereocenters. The van der Waals surface area contributed by atoms with Gasteiger partial charge in [0.25, 0.3) is 5.89 Å². The minimum Gasteiger partial charge on any atom is -0.391 e. The van der Waals surface area contributed by atoms with Gasteiger partial charge in [0, 0.05) is 30.8 Å². The van der Waals surface area contributed by atoms with Crippen LogP contribution in [-0.4, -0.2) is 45.3 Å². The van der Waals surface area contributed by atoms with Gasteiger partial charge in [0.1, 0.15) is 11.9 Å². The van der Waals surface area contributed by atoms with Crippen molar-refractivity contribution in [3.05, 3.63) is 24.2 Å². The molecule has 8 nitrogen and oxygen atoms in total. The van der Waals surface area contributed by atoms with Gasteiger partial charge in [0.2, 0.25) is 11.7 Å². The van der Waals surface area contributed by atoms with E-state index in [-0.39, 0.29) is 17.7 Å². The van der Waals surface area contributed by atoms with Crippen LogP contribution >= 0.6 is 0 Å². The Morgan fingerprint density at radius 3 is 2.81 bits per heavy atom. The number of anilines is 1. The van der Waals surface area contributed by atoms with Crippen LogP contribution in [0.25, 0.3) is 11.4 Å². The number of carbonyl (C=O) groups excluding carboxylic acids is 1. The monoisotopic (exact) mass is 371 g/mol. The smallest absolute Gasteiger partial charge is 0.252 e. The first-order valence-corrected chi connectivity index (χ1v) is 9.65. The second-order valence-corrected chi connectivity index (χ2v) is 7.41. The van der Waals surface area contributed by atoms with Crippen LogP contribution in [0.3, 0.4) is 0 Å². The zero-order valence-electron chi connectivity index (χ0n) is 15.5. The predicted octanol–water partition coefficient (Wildman–Crippen LogP) is 2.07. The van der Waals surface area contributed by atoms with E-state index in [0.29, 0.717) is 5.82 Å². The number of piperidine rings is 1. The minimum absolute atomic E-state index is 0.0425. The Morgan fingerprint density at radius 2 is 2.11 bits per heavy atom. The maximum atomic E-state index is 12.1. The van der Waals surface area contributed by atoms with Crippen LogP contribution in [0.2, 0.25) is 0 Å². The molecular formula is C19H25N5O3. The van der Waals surface area contributed by atoms with Crippen molar-refractivity contribution >= 4 is 11.7 Å². The van der Waals surface area contributed by atoms with E-state index < -0.39 is 12.1 Å². The molecule has 0 bridgehead atoms. The highest BCUT2D eigenvalue weighted by Crippen LogP contribution is 2.30. The van der Waals surface area contributed by atoms with E-state index in [9.17, 15) is 9.90 Å². The molecule has 1 aliphatic heterocycles. The Balaban J connectivity index is 1.53. The van der Waals surface area contributed by atoms with Crippen LogP contribution in [0.1, 0.15) is 51.0 Å². The summed E-state index contributed by atoms with van der Waals surface area (Å²) in [5, 5.41) is 16.9. The summed E-state index contributed by atoms with van der Waals surface area (Å²) in [7, 11) is 0. The number of aliphatic hydroxyl groups excluding tert-OH is 1. The van der Waals surface area contributed by atoms with Crippen LogP contribution in [0.4, 0.5) is 5.82 Å². The molecule has 2 fully saturated rings. The van der Waals surface area contributed by atoms with E-state index in [1.54, 1.807) is 13.1 Å². The van der Waals surface area contributed by atoms with Gasteiger partial charge >= 0.3 is 0 Å². The lowest BCUT2D eigenvalue weighted by Gasteiger charge is -2.27. The summed E-state index contributed by atoms with van der Waals surface area (Å²) < 4.78 is 5.36. The second-order valence-electron chi connectivity index (χ2n) is 7.41. The molecule has 3 heterocycles. The first kappa shape index (κ1) is 17.9. The highest BCUT2D eigenvalue weighted by molar-refractivity contribution is 5.81. The van der Waals surface area contributed by atoms with Gasteiger partial charge in [-0.2, -0.15) is 4.98 Å². The fourth-order valence-electron chi connectivity index (χ4n) is 3.34. The van der Waals surface area contributed by atoms with Gasteiger partial charge in [-0.05, 0) is 51.2 Å². The van der Waals surface area contributed by atoms with Crippen molar-refractivity contribution < 1.29 is 14.4 Å². The first-order valence-electron chi connectivity index (χ1n) is 9.65. The summed E-state index contributed by atoms with van der Waals surface area (Å²) in [5.74, 6) is 1.52. The molecule has 2 aromatic heterocycles. The van der Waals surface area contributed by atoms with Crippen molar-refractivity contribution in [2.45, 2.75) is 51.2 Å². The molecule has 2 atom stereocenters. The Kier molecular flexibility index (Phi) is 5.07. The summed E-state index contributed by atoms with van der Waals surface area (Å²) in [6, 6.07) is 3.09. The van der Waals surface area contributed by atoms with E-state index in [0.717, 1.165) is 37.3 Å². The number of hydrogen-bond donors (Lipinski definition) is 2. The van der Waals surface area contributed by atoms with Crippen LogP contribution in [-0.2, 0) is 4.79 Å². The number of amides is 1. The predicted molar refractivity (Wildman–Crippen MR) is 98.9 cm³/mol. The number of nitrogens with one attached hydrogen (secondary N) is 1. The fraction of sp³-hybridized carbons (Fsp3) is 0.579. The van der Waals surface area contributed by atoms with Crippen LogP contribution < -0.4 is 10.2 Å². The Hall–Kier alpha value is -2.48. The van der Waals surface area contributed by atoms with Gasteiger partial charge < -0.3 is 19.8 Å². The lowest BCUT2D eigenvalue weighted by molar-refractivity contribution is -0.124. The first-order chi connectivity index (χ1) is 13.1. The van der Waals surface area contributed by atoms with Crippen LogP contribution in [0.5, 0.6) is 0 Å². The van der Waals surface area contributed by atoms with Gasteiger partial charge in [-0.1, -0.05) is 5.16 Å². The Bertz CT molecular complexity index is 796. The standard InChI is InChI=1S/C19H25N5O3/c1-12(25)16(21-18(26)13-5-6-13)19-22-17(23-27-19)14-7-8-20-15(11-14)24-9-3-2-4-10-24/h7-8,11-13,16,25H,2-6,9-10H2,1H3,(H,21,26)/t12-,16-/m1/s1. The molecular weight excluding hydrogens is 346 g/mol. The minimum atomic E-state index is -0.831. The van der Waals surface area contributed by atoms with E-state index in [1.165, 1.54) is 19.3 Å². The van der Waals surface area contributed by atoms with Crippen molar-refractivity contribution in [3.8, 4) is 11.4 Å². The lowest BCUT2D eigenvalue weighted by atomic mass is 10.1. The summed E-state index contributed by atoms with van der Waals surface area (Å²) in [6.07, 6.45) is 6.31. The molecule has 144 valence electrons. The quantitative estimate of drug-likeness (QED) is 0.801. The summed E-state index contributed by atoms with van der Waals surface area (Å²) in [6.45, 7) is 3.61. The zero-order valence-corrected chi connectivity index (χ0v) is 15.5. The fourth-order valence-corrected chi connectivity index (χ4v) is 3.34. The maximum Gasteiger partial charge on any atom is 0.252 e. The van der Waals surface area contributed by atoms with E-state index in [2.05, 4.69) is 25.3 Å². The van der Waals surface area contributed by atoms with Crippen LogP contribution in [0, 0.1) is 5.92 Å². The van der Waals surface area contributed by atoms with Gasteiger partial charge in [-0.15, -0.1) is 0 Å². The highest BCUT2D eigenvalue weighted by atomic mass is 16.5. The number of aromatic nitrogens is 3. The summed E-state index contributed by atoms with van der Waals surface area (Å²) in [5.41, 5.74) is 0.804. The molecule has 1 amide bonds.